The second-order valence-corrected chi connectivity index (χ2v) is 4.18. The molecule has 0 saturated carbocycles. The summed E-state index contributed by atoms with van der Waals surface area (Å²) in [6.45, 7) is 4.66. The molecule has 0 aliphatic heterocycles. The lowest BCUT2D eigenvalue weighted by atomic mass is 9.78. The first-order valence-corrected chi connectivity index (χ1v) is 5.46. The van der Waals surface area contributed by atoms with Gasteiger partial charge in [-0.05, 0) is 12.8 Å². The van der Waals surface area contributed by atoms with Crippen molar-refractivity contribution in [1.29, 1.82) is 0 Å². The molecule has 0 rings (SSSR count). The van der Waals surface area contributed by atoms with E-state index in [9.17, 15) is 4.79 Å². The average molecular weight is 200 g/mol. The third kappa shape index (κ3) is 2.98. The van der Waals surface area contributed by atoms with Crippen molar-refractivity contribution in [3.8, 4) is 0 Å². The zero-order chi connectivity index (χ0) is 11.2. The lowest BCUT2D eigenvalue weighted by molar-refractivity contribution is -0.140. The fourth-order valence-electron chi connectivity index (χ4n) is 2.06. The van der Waals surface area contributed by atoms with Crippen molar-refractivity contribution in [2.24, 2.45) is 11.1 Å². The quantitative estimate of drug-likeness (QED) is 0.708. The molecule has 14 heavy (non-hydrogen) atoms. The highest BCUT2D eigenvalue weighted by atomic mass is 16.2. The SMILES string of the molecule is CCCC(CN)(CCC)C(=O)N(C)C. The number of hydrogen-bond donors (Lipinski definition) is 1. The van der Waals surface area contributed by atoms with Crippen LogP contribution in [0.4, 0.5) is 0 Å². The summed E-state index contributed by atoms with van der Waals surface area (Å²) in [5.41, 5.74) is 5.46. The summed E-state index contributed by atoms with van der Waals surface area (Å²) in [5, 5.41) is 0. The van der Waals surface area contributed by atoms with E-state index in [0.29, 0.717) is 6.54 Å². The number of amides is 1. The van der Waals surface area contributed by atoms with Gasteiger partial charge in [0.15, 0.2) is 0 Å². The van der Waals surface area contributed by atoms with Crippen LogP contribution in [0.5, 0.6) is 0 Å². The summed E-state index contributed by atoms with van der Waals surface area (Å²) in [7, 11) is 3.61. The maximum Gasteiger partial charge on any atom is 0.229 e. The maximum absolute atomic E-state index is 12.0. The number of rotatable bonds is 6. The van der Waals surface area contributed by atoms with Gasteiger partial charge in [0.05, 0.1) is 5.41 Å². The van der Waals surface area contributed by atoms with Crippen LogP contribution in [0.1, 0.15) is 39.5 Å². The molecule has 84 valence electrons. The van der Waals surface area contributed by atoms with E-state index in [1.54, 1.807) is 19.0 Å². The highest BCUT2D eigenvalue weighted by Gasteiger charge is 2.36. The van der Waals surface area contributed by atoms with Crippen molar-refractivity contribution < 1.29 is 4.79 Å². The van der Waals surface area contributed by atoms with Crippen LogP contribution in [-0.2, 0) is 4.79 Å². The lowest BCUT2D eigenvalue weighted by Gasteiger charge is -2.33. The molecule has 0 atom stereocenters. The minimum Gasteiger partial charge on any atom is -0.348 e. The van der Waals surface area contributed by atoms with Crippen molar-refractivity contribution >= 4 is 5.91 Å². The molecule has 0 aromatic carbocycles. The maximum atomic E-state index is 12.0. The van der Waals surface area contributed by atoms with Crippen LogP contribution < -0.4 is 5.73 Å². The predicted octanol–water partition coefficient (Wildman–Crippen LogP) is 1.62. The molecular weight excluding hydrogens is 176 g/mol. The Morgan fingerprint density at radius 2 is 1.64 bits per heavy atom. The highest BCUT2D eigenvalue weighted by molar-refractivity contribution is 5.82. The Morgan fingerprint density at radius 1 is 1.21 bits per heavy atom. The summed E-state index contributed by atoms with van der Waals surface area (Å²) >= 11 is 0. The van der Waals surface area contributed by atoms with E-state index in [0.717, 1.165) is 25.7 Å². The van der Waals surface area contributed by atoms with Gasteiger partial charge in [-0.1, -0.05) is 26.7 Å². The Hall–Kier alpha value is -0.570. The molecule has 0 aromatic heterocycles. The number of carbonyl (C=O) groups excluding carboxylic acids is 1. The topological polar surface area (TPSA) is 46.3 Å². The molecule has 0 aromatic rings. The van der Waals surface area contributed by atoms with E-state index < -0.39 is 0 Å². The van der Waals surface area contributed by atoms with Crippen molar-refractivity contribution in [2.45, 2.75) is 39.5 Å². The first-order chi connectivity index (χ1) is 6.54. The molecule has 2 N–H and O–H groups in total. The Balaban J connectivity index is 4.72. The van der Waals surface area contributed by atoms with E-state index >= 15 is 0 Å². The third-order valence-electron chi connectivity index (χ3n) is 2.71. The van der Waals surface area contributed by atoms with Gasteiger partial charge in [0.2, 0.25) is 5.91 Å². The fraction of sp³-hybridized carbons (Fsp3) is 0.909. The molecule has 1 amide bonds. The molecule has 0 saturated heterocycles. The number of hydrogen-bond acceptors (Lipinski definition) is 2. The van der Waals surface area contributed by atoms with Crippen LogP contribution in [0, 0.1) is 5.41 Å². The first kappa shape index (κ1) is 13.4. The molecule has 0 aliphatic carbocycles. The standard InChI is InChI=1S/C11H24N2O/c1-5-7-11(9-12,8-6-2)10(14)13(3)4/h5-9,12H2,1-4H3. The molecule has 0 bridgehead atoms. The molecule has 0 fully saturated rings. The molecule has 0 heterocycles. The predicted molar refractivity (Wildman–Crippen MR) is 60.0 cm³/mol. The van der Waals surface area contributed by atoms with Crippen LogP contribution in [0.15, 0.2) is 0 Å². The fourth-order valence-corrected chi connectivity index (χ4v) is 2.06. The van der Waals surface area contributed by atoms with Crippen LogP contribution in [0.25, 0.3) is 0 Å². The van der Waals surface area contributed by atoms with Gasteiger partial charge in [0.1, 0.15) is 0 Å². The first-order valence-electron chi connectivity index (χ1n) is 5.46. The minimum absolute atomic E-state index is 0.184. The summed E-state index contributed by atoms with van der Waals surface area (Å²) in [4.78, 5) is 13.7. The largest absolute Gasteiger partial charge is 0.348 e. The normalized spacial score (nSPS) is 11.5. The summed E-state index contributed by atoms with van der Waals surface area (Å²) in [6.07, 6.45) is 3.82. The van der Waals surface area contributed by atoms with Gasteiger partial charge in [-0.25, -0.2) is 0 Å². The van der Waals surface area contributed by atoms with Gasteiger partial charge in [-0.2, -0.15) is 0 Å². The summed E-state index contributed by atoms with van der Waals surface area (Å²) in [5.74, 6) is 0.184. The Kier molecular flexibility index (Phi) is 5.77. The van der Waals surface area contributed by atoms with Crippen molar-refractivity contribution in [2.75, 3.05) is 20.6 Å². The van der Waals surface area contributed by atoms with E-state index in [1.165, 1.54) is 0 Å². The van der Waals surface area contributed by atoms with Crippen LogP contribution in [0.3, 0.4) is 0 Å². The molecule has 3 heteroatoms. The van der Waals surface area contributed by atoms with Crippen LogP contribution in [-0.4, -0.2) is 31.4 Å². The molecule has 3 nitrogen and oxygen atoms in total. The van der Waals surface area contributed by atoms with Gasteiger partial charge < -0.3 is 10.6 Å². The van der Waals surface area contributed by atoms with Crippen molar-refractivity contribution in [3.63, 3.8) is 0 Å². The van der Waals surface area contributed by atoms with Gasteiger partial charge in [-0.15, -0.1) is 0 Å². The number of nitrogens with two attached hydrogens (primary N) is 1. The van der Waals surface area contributed by atoms with Gasteiger partial charge in [0.25, 0.3) is 0 Å². The zero-order valence-corrected chi connectivity index (χ0v) is 9.97. The van der Waals surface area contributed by atoms with Crippen molar-refractivity contribution in [3.05, 3.63) is 0 Å². The van der Waals surface area contributed by atoms with Crippen LogP contribution in [0.2, 0.25) is 0 Å². The van der Waals surface area contributed by atoms with Crippen molar-refractivity contribution in [1.82, 2.24) is 4.90 Å². The molecule has 0 radical (unpaired) electrons. The Labute approximate surface area is 87.6 Å². The summed E-state index contributed by atoms with van der Waals surface area (Å²) < 4.78 is 0. The Morgan fingerprint density at radius 3 is 1.86 bits per heavy atom. The van der Waals surface area contributed by atoms with Gasteiger partial charge >= 0.3 is 0 Å². The average Bonchev–Trinajstić information content (AvgIpc) is 2.16. The van der Waals surface area contributed by atoms with Gasteiger partial charge in [0, 0.05) is 20.6 Å². The molecular formula is C11H24N2O. The highest BCUT2D eigenvalue weighted by Crippen LogP contribution is 2.30. The monoisotopic (exact) mass is 200 g/mol. The Bertz CT molecular complexity index is 172. The van der Waals surface area contributed by atoms with E-state index in [4.69, 9.17) is 5.73 Å². The number of carbonyl (C=O) groups is 1. The summed E-state index contributed by atoms with van der Waals surface area (Å²) in [6, 6.07) is 0. The van der Waals surface area contributed by atoms with E-state index in [2.05, 4.69) is 13.8 Å². The second-order valence-electron chi connectivity index (χ2n) is 4.18. The van der Waals surface area contributed by atoms with Gasteiger partial charge in [-0.3, -0.25) is 4.79 Å². The smallest absolute Gasteiger partial charge is 0.229 e. The molecule has 0 unspecified atom stereocenters. The second kappa shape index (κ2) is 6.02. The van der Waals surface area contributed by atoms with E-state index in [-0.39, 0.29) is 11.3 Å². The van der Waals surface area contributed by atoms with E-state index in [1.807, 2.05) is 0 Å². The minimum atomic E-state index is -0.312. The zero-order valence-electron chi connectivity index (χ0n) is 9.97. The third-order valence-corrected chi connectivity index (χ3v) is 2.71. The molecule has 0 aliphatic rings. The number of nitrogens with zero attached hydrogens (tertiary/aromatic N) is 1. The molecule has 0 spiro atoms. The van der Waals surface area contributed by atoms with Crippen LogP contribution >= 0.6 is 0 Å². The lowest BCUT2D eigenvalue weighted by Crippen LogP contribution is -2.45.